The minimum atomic E-state index is -1.10. The molecule has 0 aliphatic carbocycles. The van der Waals surface area contributed by atoms with E-state index in [0.29, 0.717) is 0 Å². The molecule has 0 spiro atoms. The molecule has 0 amide bonds. The smallest absolute Gasteiger partial charge is 0.114 e. The fourth-order valence-electron chi connectivity index (χ4n) is 0.490. The van der Waals surface area contributed by atoms with Gasteiger partial charge in [0.25, 0.3) is 0 Å². The molecule has 0 saturated carbocycles. The van der Waals surface area contributed by atoms with E-state index in [1.165, 1.54) is 6.92 Å². The summed E-state index contributed by atoms with van der Waals surface area (Å²) in [5.74, 6) is 0. The lowest BCUT2D eigenvalue weighted by Gasteiger charge is -2.21. The summed E-state index contributed by atoms with van der Waals surface area (Å²) >= 11 is 0. The van der Waals surface area contributed by atoms with Crippen LogP contribution in [0.25, 0.3) is 0 Å². The van der Waals surface area contributed by atoms with Gasteiger partial charge in [0.1, 0.15) is 5.72 Å². The third-order valence-electron chi connectivity index (χ3n) is 0.539. The van der Waals surface area contributed by atoms with Crippen molar-refractivity contribution in [2.45, 2.75) is 25.7 Å². The van der Waals surface area contributed by atoms with Crippen molar-refractivity contribution in [3.05, 3.63) is 6.92 Å². The van der Waals surface area contributed by atoms with Crippen LogP contribution in [0.1, 0.15) is 13.8 Å². The number of hydrogen-bond donors (Lipinski definition) is 3. The average Bonchev–Trinajstić information content (AvgIpc) is 1.21. The summed E-state index contributed by atoms with van der Waals surface area (Å²) in [4.78, 5) is 0. The predicted molar refractivity (Wildman–Crippen MR) is 32.8 cm³/mol. The van der Waals surface area contributed by atoms with Crippen LogP contribution in [0.5, 0.6) is 0 Å². The molecule has 3 nitrogen and oxygen atoms in total. The molecule has 2 unspecified atom stereocenters. The zero-order valence-corrected chi connectivity index (χ0v) is 5.31. The van der Waals surface area contributed by atoms with E-state index in [1.807, 2.05) is 0 Å². The summed E-state index contributed by atoms with van der Waals surface area (Å²) in [6.45, 7) is 6.65. The van der Waals surface area contributed by atoms with E-state index in [0.717, 1.165) is 0 Å². The van der Waals surface area contributed by atoms with Crippen LogP contribution in [0.2, 0.25) is 0 Å². The zero-order chi connectivity index (χ0) is 6.78. The minimum absolute atomic E-state index is 0.220. The molecule has 0 aliphatic heterocycles. The largest absolute Gasteiger partial charge is 0.376 e. The van der Waals surface area contributed by atoms with E-state index in [-0.39, 0.29) is 6.17 Å². The number of hydrogen-bond acceptors (Lipinski definition) is 3. The van der Waals surface area contributed by atoms with Crippen molar-refractivity contribution in [1.82, 2.24) is 5.32 Å². The Kier molecular flexibility index (Phi) is 2.40. The average molecular weight is 117 g/mol. The van der Waals surface area contributed by atoms with Crippen molar-refractivity contribution in [2.75, 3.05) is 0 Å². The molecule has 4 N–H and O–H groups in total. The van der Waals surface area contributed by atoms with Crippen LogP contribution < -0.4 is 11.1 Å². The van der Waals surface area contributed by atoms with Crippen LogP contribution in [0, 0.1) is 6.92 Å². The summed E-state index contributed by atoms with van der Waals surface area (Å²) < 4.78 is 0. The first-order valence-electron chi connectivity index (χ1n) is 2.53. The van der Waals surface area contributed by atoms with Gasteiger partial charge in [-0.15, -0.1) is 0 Å². The van der Waals surface area contributed by atoms with Crippen molar-refractivity contribution in [3.8, 4) is 0 Å². The topological polar surface area (TPSA) is 58.3 Å². The molecule has 49 valence electrons. The molecule has 0 aliphatic rings. The second-order valence-corrected chi connectivity index (χ2v) is 2.21. The molecule has 0 bridgehead atoms. The van der Waals surface area contributed by atoms with Crippen LogP contribution in [-0.2, 0) is 0 Å². The van der Waals surface area contributed by atoms with Gasteiger partial charge in [-0.25, -0.2) is 0 Å². The van der Waals surface area contributed by atoms with Gasteiger partial charge in [-0.2, -0.15) is 0 Å². The Balaban J connectivity index is 3.39. The third-order valence-corrected chi connectivity index (χ3v) is 0.539. The highest BCUT2D eigenvalue weighted by Gasteiger charge is 2.11. The van der Waals surface area contributed by atoms with Gasteiger partial charge < -0.3 is 10.8 Å². The summed E-state index contributed by atoms with van der Waals surface area (Å²) in [7, 11) is 0. The molecule has 1 radical (unpaired) electrons. The third kappa shape index (κ3) is 5.88. The predicted octanol–water partition coefficient (Wildman–Crippen LogP) is -0.577. The molecular formula is C5H13N2O. The van der Waals surface area contributed by atoms with Crippen LogP contribution >= 0.6 is 0 Å². The van der Waals surface area contributed by atoms with E-state index in [4.69, 9.17) is 10.8 Å². The Morgan fingerprint density at radius 1 is 1.88 bits per heavy atom. The molecule has 0 heterocycles. The highest BCUT2D eigenvalue weighted by atomic mass is 16.3. The molecule has 0 aromatic heterocycles. The normalized spacial score (nSPS) is 16.1. The summed E-state index contributed by atoms with van der Waals surface area (Å²) in [6.07, 6.45) is -0.220. The van der Waals surface area contributed by atoms with E-state index >= 15 is 0 Å². The van der Waals surface area contributed by atoms with Crippen LogP contribution in [0.3, 0.4) is 0 Å². The van der Waals surface area contributed by atoms with Crippen LogP contribution in [-0.4, -0.2) is 17.0 Å². The second-order valence-electron chi connectivity index (χ2n) is 2.21. The van der Waals surface area contributed by atoms with E-state index in [9.17, 15) is 0 Å². The van der Waals surface area contributed by atoms with E-state index < -0.39 is 5.72 Å². The maximum Gasteiger partial charge on any atom is 0.114 e. The second kappa shape index (κ2) is 2.44. The van der Waals surface area contributed by atoms with Crippen LogP contribution in [0.4, 0.5) is 0 Å². The lowest BCUT2D eigenvalue weighted by molar-refractivity contribution is 0.0606. The first-order chi connectivity index (χ1) is 3.42. The molecule has 8 heavy (non-hydrogen) atoms. The standard InChI is InChI=1S/C5H13N2O/c1-4(6)7-5(2,3)8/h4,7-8H,2,6H2,1,3H3. The highest BCUT2D eigenvalue weighted by Crippen LogP contribution is 1.92. The maximum absolute atomic E-state index is 8.89. The fourth-order valence-corrected chi connectivity index (χ4v) is 0.490. The minimum Gasteiger partial charge on any atom is -0.376 e. The Bertz CT molecular complexity index is 65.3. The van der Waals surface area contributed by atoms with Gasteiger partial charge >= 0.3 is 0 Å². The zero-order valence-electron chi connectivity index (χ0n) is 5.31. The first-order valence-corrected chi connectivity index (χ1v) is 2.53. The Hall–Kier alpha value is -0.120. The molecule has 0 aromatic rings. The van der Waals surface area contributed by atoms with Crippen molar-refractivity contribution < 1.29 is 5.11 Å². The van der Waals surface area contributed by atoms with E-state index in [1.54, 1.807) is 6.92 Å². The quantitative estimate of drug-likeness (QED) is 0.424. The molecule has 0 aromatic carbocycles. The lowest BCUT2D eigenvalue weighted by Crippen LogP contribution is -2.48. The number of nitrogens with one attached hydrogen (secondary N) is 1. The number of aliphatic hydroxyl groups is 1. The Morgan fingerprint density at radius 3 is 2.25 bits per heavy atom. The van der Waals surface area contributed by atoms with Crippen molar-refractivity contribution in [3.63, 3.8) is 0 Å². The molecule has 2 atom stereocenters. The molecule has 0 fully saturated rings. The van der Waals surface area contributed by atoms with Crippen LogP contribution in [0.15, 0.2) is 0 Å². The molecule has 0 saturated heterocycles. The monoisotopic (exact) mass is 117 g/mol. The number of rotatable bonds is 2. The van der Waals surface area contributed by atoms with Gasteiger partial charge in [-0.1, -0.05) is 0 Å². The van der Waals surface area contributed by atoms with Crippen molar-refractivity contribution in [1.29, 1.82) is 0 Å². The SMILES string of the molecule is [CH2]C(C)(O)NC(C)N. The van der Waals surface area contributed by atoms with E-state index in [2.05, 4.69) is 12.2 Å². The molecule has 0 rings (SSSR count). The maximum atomic E-state index is 8.89. The Labute approximate surface area is 49.9 Å². The fraction of sp³-hybridized carbons (Fsp3) is 0.800. The summed E-state index contributed by atoms with van der Waals surface area (Å²) in [6, 6.07) is 0. The highest BCUT2D eigenvalue weighted by molar-refractivity contribution is 4.72. The molecular weight excluding hydrogens is 104 g/mol. The summed E-state index contributed by atoms with van der Waals surface area (Å²) in [5.41, 5.74) is 4.16. The van der Waals surface area contributed by atoms with Gasteiger partial charge in [0.15, 0.2) is 0 Å². The van der Waals surface area contributed by atoms with Crippen molar-refractivity contribution in [2.24, 2.45) is 5.73 Å². The van der Waals surface area contributed by atoms with Gasteiger partial charge in [-0.05, 0) is 20.8 Å². The van der Waals surface area contributed by atoms with Gasteiger partial charge in [-0.3, -0.25) is 5.32 Å². The Morgan fingerprint density at radius 2 is 2.25 bits per heavy atom. The van der Waals surface area contributed by atoms with Gasteiger partial charge in [0.2, 0.25) is 0 Å². The first kappa shape index (κ1) is 7.88. The van der Waals surface area contributed by atoms with Gasteiger partial charge in [0, 0.05) is 0 Å². The van der Waals surface area contributed by atoms with Gasteiger partial charge in [0.05, 0.1) is 6.17 Å². The summed E-state index contributed by atoms with van der Waals surface area (Å²) in [5, 5.41) is 11.5. The number of nitrogens with two attached hydrogens (primary N) is 1. The molecule has 3 heteroatoms. The lowest BCUT2D eigenvalue weighted by atomic mass is 10.3. The van der Waals surface area contributed by atoms with Crippen molar-refractivity contribution >= 4 is 0 Å².